The number of carbonyl (C=O) groups excluding carboxylic acids is 1. The van der Waals surface area contributed by atoms with Gasteiger partial charge in [0.05, 0.1) is 11.3 Å². The van der Waals surface area contributed by atoms with Crippen LogP contribution in [0.5, 0.6) is 5.75 Å². The van der Waals surface area contributed by atoms with E-state index in [1.165, 1.54) is 11.3 Å². The van der Waals surface area contributed by atoms with Crippen LogP contribution < -0.4 is 5.73 Å². The average molecular weight is 248 g/mol. The lowest BCUT2D eigenvalue weighted by atomic mass is 10.1. The number of hydrogen-bond donors (Lipinski definition) is 2. The molecule has 2 aromatic rings. The van der Waals surface area contributed by atoms with E-state index in [0.29, 0.717) is 11.3 Å². The van der Waals surface area contributed by atoms with Crippen LogP contribution >= 0.6 is 11.3 Å². The van der Waals surface area contributed by atoms with Crippen LogP contribution in [-0.4, -0.2) is 16.0 Å². The first kappa shape index (κ1) is 11.6. The van der Waals surface area contributed by atoms with Crippen molar-refractivity contribution in [2.75, 3.05) is 0 Å². The summed E-state index contributed by atoms with van der Waals surface area (Å²) in [6.07, 6.45) is 1.57. The van der Waals surface area contributed by atoms with Crippen LogP contribution in [0.15, 0.2) is 17.6 Å². The summed E-state index contributed by atoms with van der Waals surface area (Å²) in [4.78, 5) is 16.3. The summed E-state index contributed by atoms with van der Waals surface area (Å²) in [5, 5.41) is 12.0. The summed E-state index contributed by atoms with van der Waals surface area (Å²) < 4.78 is 0. The van der Waals surface area contributed by atoms with E-state index >= 15 is 0 Å². The van der Waals surface area contributed by atoms with Crippen molar-refractivity contribution in [1.29, 1.82) is 0 Å². The maximum atomic E-state index is 11.3. The van der Waals surface area contributed by atoms with Crippen LogP contribution in [0, 0.1) is 13.8 Å². The Morgan fingerprint density at radius 2 is 2.18 bits per heavy atom. The normalized spacial score (nSPS) is 10.5. The number of carbonyl (C=O) groups is 1. The van der Waals surface area contributed by atoms with Crippen LogP contribution in [0.1, 0.15) is 21.6 Å². The number of hydrogen-bond acceptors (Lipinski definition) is 4. The van der Waals surface area contributed by atoms with Crippen LogP contribution in [0.3, 0.4) is 0 Å². The Kier molecular flexibility index (Phi) is 2.85. The first-order chi connectivity index (χ1) is 8.02. The third-order valence-electron chi connectivity index (χ3n) is 2.59. The van der Waals surface area contributed by atoms with Gasteiger partial charge < -0.3 is 10.8 Å². The molecule has 2 rings (SSSR count). The maximum absolute atomic E-state index is 11.3. The van der Waals surface area contributed by atoms with Crippen molar-refractivity contribution in [1.82, 2.24) is 4.98 Å². The Labute approximate surface area is 103 Å². The highest BCUT2D eigenvalue weighted by molar-refractivity contribution is 7.13. The van der Waals surface area contributed by atoms with Crippen molar-refractivity contribution < 1.29 is 9.90 Å². The highest BCUT2D eigenvalue weighted by Crippen LogP contribution is 2.37. The van der Waals surface area contributed by atoms with E-state index in [0.717, 1.165) is 10.4 Å². The molecule has 17 heavy (non-hydrogen) atoms. The second-order valence-electron chi connectivity index (χ2n) is 3.78. The van der Waals surface area contributed by atoms with Crippen LogP contribution in [0.2, 0.25) is 0 Å². The highest BCUT2D eigenvalue weighted by Gasteiger charge is 2.18. The van der Waals surface area contributed by atoms with E-state index in [2.05, 4.69) is 4.98 Å². The minimum atomic E-state index is -0.663. The molecule has 0 saturated carbocycles. The number of aryl methyl sites for hydroxylation is 2. The zero-order valence-electron chi connectivity index (χ0n) is 9.52. The molecule has 0 aromatic carbocycles. The van der Waals surface area contributed by atoms with Crippen molar-refractivity contribution in [2.45, 2.75) is 13.8 Å². The molecule has 0 fully saturated rings. The topological polar surface area (TPSA) is 76.2 Å². The zero-order valence-corrected chi connectivity index (χ0v) is 10.3. The molecule has 4 nitrogen and oxygen atoms in total. The van der Waals surface area contributed by atoms with E-state index in [1.807, 2.05) is 18.4 Å². The van der Waals surface area contributed by atoms with Crippen LogP contribution in [0.4, 0.5) is 0 Å². The van der Waals surface area contributed by atoms with Gasteiger partial charge in [0.1, 0.15) is 11.3 Å². The smallest absolute Gasteiger partial charge is 0.254 e. The van der Waals surface area contributed by atoms with Gasteiger partial charge in [0.15, 0.2) is 0 Å². The molecule has 0 aliphatic carbocycles. The van der Waals surface area contributed by atoms with E-state index < -0.39 is 5.91 Å². The first-order valence-electron chi connectivity index (χ1n) is 5.05. The van der Waals surface area contributed by atoms with Gasteiger partial charge in [-0.2, -0.15) is 0 Å². The number of primary amides is 1. The van der Waals surface area contributed by atoms with Crippen LogP contribution in [0.25, 0.3) is 10.4 Å². The Morgan fingerprint density at radius 1 is 1.47 bits per heavy atom. The number of amides is 1. The fourth-order valence-electron chi connectivity index (χ4n) is 1.70. The Bertz CT molecular complexity index is 590. The van der Waals surface area contributed by atoms with Gasteiger partial charge in [-0.25, -0.2) is 0 Å². The Hall–Kier alpha value is -1.88. The van der Waals surface area contributed by atoms with E-state index in [-0.39, 0.29) is 11.3 Å². The van der Waals surface area contributed by atoms with Crippen LogP contribution in [-0.2, 0) is 0 Å². The number of aromatic hydroxyl groups is 1. The van der Waals surface area contributed by atoms with E-state index in [9.17, 15) is 9.90 Å². The van der Waals surface area contributed by atoms with Gasteiger partial charge in [-0.3, -0.25) is 9.78 Å². The largest absolute Gasteiger partial charge is 0.506 e. The van der Waals surface area contributed by atoms with Gasteiger partial charge in [0, 0.05) is 11.1 Å². The van der Waals surface area contributed by atoms with Crippen molar-refractivity contribution in [3.8, 4) is 16.2 Å². The third-order valence-corrected chi connectivity index (χ3v) is 3.64. The lowest BCUT2D eigenvalue weighted by molar-refractivity contribution is 0.0997. The number of nitrogens with zero attached hydrogens (tertiary/aromatic N) is 1. The van der Waals surface area contributed by atoms with Crippen molar-refractivity contribution >= 4 is 17.2 Å². The number of nitrogens with two attached hydrogens (primary N) is 1. The minimum Gasteiger partial charge on any atom is -0.506 e. The van der Waals surface area contributed by atoms with Crippen molar-refractivity contribution in [2.24, 2.45) is 5.73 Å². The molecule has 2 aromatic heterocycles. The van der Waals surface area contributed by atoms with Crippen molar-refractivity contribution in [3.63, 3.8) is 0 Å². The Balaban J connectivity index is 2.70. The van der Waals surface area contributed by atoms with Gasteiger partial charge in [0.25, 0.3) is 5.91 Å². The molecule has 3 N–H and O–H groups in total. The molecule has 0 saturated heterocycles. The number of thiophene rings is 1. The summed E-state index contributed by atoms with van der Waals surface area (Å²) in [6, 6.07) is 1.95. The fraction of sp³-hybridized carbons (Fsp3) is 0.167. The standard InChI is InChI=1S/C12H12N2O2S/c1-6-3-4-17-11(6)8-5-14-7(2)9(10(8)15)12(13)16/h3-5H,1-2H3,(H2,13,16)(H,14,15). The highest BCUT2D eigenvalue weighted by atomic mass is 32.1. The van der Waals surface area contributed by atoms with Crippen molar-refractivity contribution in [3.05, 3.63) is 34.5 Å². The van der Waals surface area contributed by atoms with Gasteiger partial charge in [-0.1, -0.05) is 0 Å². The molecule has 0 bridgehead atoms. The lowest BCUT2D eigenvalue weighted by Gasteiger charge is -2.09. The quantitative estimate of drug-likeness (QED) is 0.855. The molecule has 88 valence electrons. The summed E-state index contributed by atoms with van der Waals surface area (Å²) in [7, 11) is 0. The number of pyridine rings is 1. The summed E-state index contributed by atoms with van der Waals surface area (Å²) in [5.41, 5.74) is 7.36. The lowest BCUT2D eigenvalue weighted by Crippen LogP contribution is -2.14. The summed E-state index contributed by atoms with van der Waals surface area (Å²) >= 11 is 1.49. The van der Waals surface area contributed by atoms with Gasteiger partial charge in [-0.05, 0) is 30.9 Å². The fourth-order valence-corrected chi connectivity index (χ4v) is 2.64. The molecule has 0 aliphatic rings. The zero-order chi connectivity index (χ0) is 12.6. The molecular formula is C12H12N2O2S. The molecule has 0 atom stereocenters. The van der Waals surface area contributed by atoms with Gasteiger partial charge in [-0.15, -0.1) is 11.3 Å². The van der Waals surface area contributed by atoms with Gasteiger partial charge in [0.2, 0.25) is 0 Å². The summed E-state index contributed by atoms with van der Waals surface area (Å²) in [5.74, 6) is -0.751. The average Bonchev–Trinajstić information content (AvgIpc) is 2.64. The minimum absolute atomic E-state index is 0.0875. The Morgan fingerprint density at radius 3 is 2.71 bits per heavy atom. The molecule has 1 amide bonds. The predicted molar refractivity (Wildman–Crippen MR) is 67.2 cm³/mol. The maximum Gasteiger partial charge on any atom is 0.254 e. The predicted octanol–water partition coefficient (Wildman–Crippen LogP) is 2.23. The molecular weight excluding hydrogens is 236 g/mol. The SMILES string of the molecule is Cc1ccsc1-c1cnc(C)c(C(N)=O)c1O. The summed E-state index contributed by atoms with van der Waals surface area (Å²) in [6.45, 7) is 3.58. The molecule has 0 unspecified atom stereocenters. The van der Waals surface area contributed by atoms with E-state index in [4.69, 9.17) is 5.73 Å². The number of aromatic nitrogens is 1. The third kappa shape index (κ3) is 1.89. The molecule has 5 heteroatoms. The van der Waals surface area contributed by atoms with E-state index in [1.54, 1.807) is 13.1 Å². The molecule has 2 heterocycles. The molecule has 0 radical (unpaired) electrons. The first-order valence-corrected chi connectivity index (χ1v) is 5.93. The number of rotatable bonds is 2. The second-order valence-corrected chi connectivity index (χ2v) is 4.69. The monoisotopic (exact) mass is 248 g/mol. The molecule has 0 spiro atoms. The molecule has 0 aliphatic heterocycles. The van der Waals surface area contributed by atoms with Gasteiger partial charge >= 0.3 is 0 Å². The second kappa shape index (κ2) is 4.18.